The maximum Gasteiger partial charge on any atom is 0.181 e. The lowest BCUT2D eigenvalue weighted by molar-refractivity contribution is 0.483. The van der Waals surface area contributed by atoms with Crippen molar-refractivity contribution in [1.29, 1.82) is 0 Å². The molecule has 1 aromatic carbocycles. The molecule has 1 aromatic rings. The van der Waals surface area contributed by atoms with Gasteiger partial charge in [0.05, 0.1) is 10.1 Å². The molecule has 1 fully saturated rings. The molecule has 1 saturated carbocycles. The molecule has 2 nitrogen and oxygen atoms in total. The van der Waals surface area contributed by atoms with Crippen LogP contribution in [0.5, 0.6) is 0 Å². The minimum Gasteiger partial charge on any atom is -0.223 e. The van der Waals surface area contributed by atoms with Gasteiger partial charge in [-0.15, -0.1) is 0 Å². The van der Waals surface area contributed by atoms with E-state index in [4.69, 9.17) is 0 Å². The van der Waals surface area contributed by atoms with Gasteiger partial charge in [0, 0.05) is 4.47 Å². The fourth-order valence-electron chi connectivity index (χ4n) is 2.19. The van der Waals surface area contributed by atoms with Crippen LogP contribution in [0, 0.1) is 0 Å². The Balaban J connectivity index is 0.000000771. The van der Waals surface area contributed by atoms with E-state index in [1.54, 1.807) is 24.3 Å². The van der Waals surface area contributed by atoms with Gasteiger partial charge in [-0.05, 0) is 37.1 Å². The molecule has 0 bridgehead atoms. The van der Waals surface area contributed by atoms with Gasteiger partial charge in [0.1, 0.15) is 0 Å². The maximum atomic E-state index is 12.3. The summed E-state index contributed by atoms with van der Waals surface area (Å²) < 4.78 is 25.5. The Hall–Kier alpha value is -0.350. The minimum absolute atomic E-state index is 0.164. The predicted octanol–water partition coefficient (Wildman–Crippen LogP) is 4.58. The average Bonchev–Trinajstić information content (AvgIpc) is 2.42. The molecule has 102 valence electrons. The van der Waals surface area contributed by atoms with Crippen LogP contribution in [-0.2, 0) is 9.84 Å². The summed E-state index contributed by atoms with van der Waals surface area (Å²) in [5.74, 6) is 0. The smallest absolute Gasteiger partial charge is 0.181 e. The van der Waals surface area contributed by atoms with E-state index in [1.807, 2.05) is 13.8 Å². The van der Waals surface area contributed by atoms with Crippen molar-refractivity contribution in [2.45, 2.75) is 56.1 Å². The summed E-state index contributed by atoms with van der Waals surface area (Å²) in [5.41, 5.74) is 0. The van der Waals surface area contributed by atoms with Crippen LogP contribution in [0.15, 0.2) is 33.6 Å². The molecule has 4 heteroatoms. The summed E-state index contributed by atoms with van der Waals surface area (Å²) >= 11 is 3.31. The van der Waals surface area contributed by atoms with Gasteiger partial charge in [-0.1, -0.05) is 49.0 Å². The molecule has 18 heavy (non-hydrogen) atoms. The lowest BCUT2D eigenvalue weighted by Crippen LogP contribution is -2.23. The molecule has 0 aromatic heterocycles. The Bertz CT molecular complexity index is 445. The van der Waals surface area contributed by atoms with E-state index < -0.39 is 9.84 Å². The number of rotatable bonds is 2. The van der Waals surface area contributed by atoms with Gasteiger partial charge in [-0.25, -0.2) is 8.42 Å². The molecular formula is C14H21BrO2S. The first-order valence-electron chi connectivity index (χ1n) is 6.60. The molecule has 2 rings (SSSR count). The molecule has 1 aliphatic carbocycles. The summed E-state index contributed by atoms with van der Waals surface area (Å²) in [6.45, 7) is 4.00. The Morgan fingerprint density at radius 1 is 1.00 bits per heavy atom. The third-order valence-corrected chi connectivity index (χ3v) is 5.94. The fraction of sp³-hybridized carbons (Fsp3) is 0.571. The molecule has 0 spiro atoms. The summed E-state index contributed by atoms with van der Waals surface area (Å²) in [5, 5.41) is -0.164. The van der Waals surface area contributed by atoms with E-state index in [1.165, 1.54) is 6.42 Å². The standard InChI is InChI=1S/C12H15BrO2S.C2H6/c13-10-6-8-12(9-7-10)16(14,15)11-4-2-1-3-5-11;1-2/h6-9,11H,1-5H2;1-2H3. The van der Waals surface area contributed by atoms with Gasteiger partial charge in [0.25, 0.3) is 0 Å². The Morgan fingerprint density at radius 3 is 2.00 bits per heavy atom. The normalized spacial score (nSPS) is 16.8. The van der Waals surface area contributed by atoms with Gasteiger partial charge in [0.15, 0.2) is 9.84 Å². The van der Waals surface area contributed by atoms with Crippen LogP contribution < -0.4 is 0 Å². The molecule has 0 unspecified atom stereocenters. The number of sulfone groups is 1. The zero-order valence-corrected chi connectivity index (χ0v) is 13.4. The molecule has 1 aliphatic rings. The van der Waals surface area contributed by atoms with Crippen LogP contribution in [0.25, 0.3) is 0 Å². The molecule has 0 heterocycles. The first-order chi connectivity index (χ1) is 8.60. The summed E-state index contributed by atoms with van der Waals surface area (Å²) in [6.07, 6.45) is 4.89. The highest BCUT2D eigenvalue weighted by molar-refractivity contribution is 9.10. The topological polar surface area (TPSA) is 34.1 Å². The van der Waals surface area contributed by atoms with E-state index in [9.17, 15) is 8.42 Å². The van der Waals surface area contributed by atoms with Crippen LogP contribution >= 0.6 is 15.9 Å². The second-order valence-corrected chi connectivity index (χ2v) is 7.40. The highest BCUT2D eigenvalue weighted by Crippen LogP contribution is 2.28. The summed E-state index contributed by atoms with van der Waals surface area (Å²) in [7, 11) is -3.10. The fourth-order valence-corrected chi connectivity index (χ4v) is 4.31. The van der Waals surface area contributed by atoms with Crippen molar-refractivity contribution in [2.75, 3.05) is 0 Å². The molecule has 0 amide bonds. The van der Waals surface area contributed by atoms with Crippen LogP contribution in [-0.4, -0.2) is 13.7 Å². The van der Waals surface area contributed by atoms with Gasteiger partial charge in [-0.3, -0.25) is 0 Å². The lowest BCUT2D eigenvalue weighted by atomic mass is 10.0. The van der Waals surface area contributed by atoms with Crippen LogP contribution in [0.1, 0.15) is 46.0 Å². The largest absolute Gasteiger partial charge is 0.223 e. The zero-order valence-electron chi connectivity index (χ0n) is 11.0. The second kappa shape index (κ2) is 7.29. The molecule has 0 atom stereocenters. The van der Waals surface area contributed by atoms with Crippen molar-refractivity contribution in [2.24, 2.45) is 0 Å². The van der Waals surface area contributed by atoms with Crippen molar-refractivity contribution >= 4 is 25.8 Å². The van der Waals surface area contributed by atoms with Gasteiger partial charge in [-0.2, -0.15) is 0 Å². The minimum atomic E-state index is -3.10. The molecule has 0 radical (unpaired) electrons. The molecule has 0 N–H and O–H groups in total. The van der Waals surface area contributed by atoms with Crippen molar-refractivity contribution in [3.8, 4) is 0 Å². The van der Waals surface area contributed by atoms with E-state index >= 15 is 0 Å². The number of benzene rings is 1. The molecular weight excluding hydrogens is 312 g/mol. The van der Waals surface area contributed by atoms with Crippen LogP contribution in [0.4, 0.5) is 0 Å². The molecule has 0 aliphatic heterocycles. The zero-order chi connectivity index (χ0) is 13.6. The Kier molecular flexibility index (Phi) is 6.36. The first-order valence-corrected chi connectivity index (χ1v) is 8.94. The van der Waals surface area contributed by atoms with Gasteiger partial charge >= 0.3 is 0 Å². The van der Waals surface area contributed by atoms with Crippen LogP contribution in [0.3, 0.4) is 0 Å². The Labute approximate surface area is 119 Å². The molecule has 0 saturated heterocycles. The number of halogens is 1. The highest BCUT2D eigenvalue weighted by Gasteiger charge is 2.28. The van der Waals surface area contributed by atoms with Crippen molar-refractivity contribution < 1.29 is 8.42 Å². The SMILES string of the molecule is CC.O=S(=O)(c1ccc(Br)cc1)C1CCCCC1. The van der Waals surface area contributed by atoms with Crippen molar-refractivity contribution in [3.05, 3.63) is 28.7 Å². The van der Waals surface area contributed by atoms with E-state index in [-0.39, 0.29) is 5.25 Å². The van der Waals surface area contributed by atoms with Gasteiger partial charge in [0.2, 0.25) is 0 Å². The number of hydrogen-bond acceptors (Lipinski definition) is 2. The van der Waals surface area contributed by atoms with Crippen molar-refractivity contribution in [1.82, 2.24) is 0 Å². The lowest BCUT2D eigenvalue weighted by Gasteiger charge is -2.21. The average molecular weight is 333 g/mol. The Morgan fingerprint density at radius 2 is 1.50 bits per heavy atom. The van der Waals surface area contributed by atoms with E-state index in [0.717, 1.165) is 30.2 Å². The maximum absolute atomic E-state index is 12.3. The quantitative estimate of drug-likeness (QED) is 0.794. The monoisotopic (exact) mass is 332 g/mol. The second-order valence-electron chi connectivity index (χ2n) is 4.26. The third kappa shape index (κ3) is 3.82. The van der Waals surface area contributed by atoms with Crippen molar-refractivity contribution in [3.63, 3.8) is 0 Å². The summed E-state index contributed by atoms with van der Waals surface area (Å²) in [4.78, 5) is 0.461. The predicted molar refractivity (Wildman–Crippen MR) is 79.5 cm³/mol. The van der Waals surface area contributed by atoms with E-state index in [2.05, 4.69) is 15.9 Å². The third-order valence-electron chi connectivity index (χ3n) is 3.13. The summed E-state index contributed by atoms with van der Waals surface area (Å²) in [6, 6.07) is 6.95. The van der Waals surface area contributed by atoms with E-state index in [0.29, 0.717) is 4.90 Å². The first kappa shape index (κ1) is 15.7. The van der Waals surface area contributed by atoms with Gasteiger partial charge < -0.3 is 0 Å². The van der Waals surface area contributed by atoms with Crippen LogP contribution in [0.2, 0.25) is 0 Å². The highest BCUT2D eigenvalue weighted by atomic mass is 79.9. The number of hydrogen-bond donors (Lipinski definition) is 0.